The van der Waals surface area contributed by atoms with Gasteiger partial charge in [-0.15, -0.1) is 0 Å². The molecule has 0 saturated heterocycles. The minimum atomic E-state index is -1.13. The third-order valence-electron chi connectivity index (χ3n) is 3.31. The van der Waals surface area contributed by atoms with Crippen molar-refractivity contribution in [1.82, 2.24) is 5.32 Å². The second kappa shape index (κ2) is 6.43. The first-order valence-corrected chi connectivity index (χ1v) is 6.24. The fourth-order valence-electron chi connectivity index (χ4n) is 1.86. The SMILES string of the molecule is C[C@H](NC[C@H](C(=O)O)C(C)(C)N=O)c1ccccc1. The minimum absolute atomic E-state index is 0.0190. The Labute approximate surface area is 113 Å². The molecule has 0 radical (unpaired) electrons. The predicted octanol–water partition coefficient (Wildman–Crippen LogP) is 2.58. The van der Waals surface area contributed by atoms with Gasteiger partial charge in [0.25, 0.3) is 0 Å². The third-order valence-corrected chi connectivity index (χ3v) is 3.31. The molecule has 5 nitrogen and oxygen atoms in total. The van der Waals surface area contributed by atoms with Crippen LogP contribution >= 0.6 is 0 Å². The molecule has 0 heterocycles. The highest BCUT2D eigenvalue weighted by molar-refractivity contribution is 5.72. The molecule has 0 bridgehead atoms. The Morgan fingerprint density at radius 2 is 1.95 bits per heavy atom. The van der Waals surface area contributed by atoms with Crippen molar-refractivity contribution in [3.8, 4) is 0 Å². The number of nitroso groups, excluding NO2 is 1. The van der Waals surface area contributed by atoms with Gasteiger partial charge in [-0.05, 0) is 26.3 Å². The summed E-state index contributed by atoms with van der Waals surface area (Å²) in [7, 11) is 0. The van der Waals surface area contributed by atoms with Crippen LogP contribution in [0.25, 0.3) is 0 Å². The van der Waals surface area contributed by atoms with E-state index in [-0.39, 0.29) is 12.6 Å². The van der Waals surface area contributed by atoms with E-state index in [1.807, 2.05) is 37.3 Å². The number of nitrogens with zero attached hydrogens (tertiary/aromatic N) is 1. The molecule has 0 amide bonds. The molecule has 0 spiro atoms. The van der Waals surface area contributed by atoms with E-state index >= 15 is 0 Å². The van der Waals surface area contributed by atoms with Crippen LogP contribution in [-0.4, -0.2) is 23.2 Å². The van der Waals surface area contributed by atoms with Crippen molar-refractivity contribution < 1.29 is 9.90 Å². The molecule has 104 valence electrons. The Hall–Kier alpha value is -1.75. The van der Waals surface area contributed by atoms with E-state index in [4.69, 9.17) is 0 Å². The molecule has 1 aromatic rings. The largest absolute Gasteiger partial charge is 0.481 e. The molecule has 0 aliphatic carbocycles. The topological polar surface area (TPSA) is 78.8 Å². The Balaban J connectivity index is 2.68. The van der Waals surface area contributed by atoms with Gasteiger partial charge in [-0.3, -0.25) is 4.79 Å². The Bertz CT molecular complexity index is 432. The van der Waals surface area contributed by atoms with Gasteiger partial charge in [0, 0.05) is 12.6 Å². The van der Waals surface area contributed by atoms with E-state index in [1.54, 1.807) is 0 Å². The van der Waals surface area contributed by atoms with E-state index in [2.05, 4.69) is 10.5 Å². The predicted molar refractivity (Wildman–Crippen MR) is 73.9 cm³/mol. The monoisotopic (exact) mass is 264 g/mol. The summed E-state index contributed by atoms with van der Waals surface area (Å²) in [5.74, 6) is -1.87. The van der Waals surface area contributed by atoms with Gasteiger partial charge in [0.2, 0.25) is 0 Å². The lowest BCUT2D eigenvalue weighted by atomic mass is 9.88. The van der Waals surface area contributed by atoms with Crippen LogP contribution in [0.1, 0.15) is 32.4 Å². The molecule has 2 N–H and O–H groups in total. The maximum atomic E-state index is 11.2. The fraction of sp³-hybridized carbons (Fsp3) is 0.500. The lowest BCUT2D eigenvalue weighted by molar-refractivity contribution is -0.143. The van der Waals surface area contributed by atoms with Crippen LogP contribution in [-0.2, 0) is 4.79 Å². The molecule has 5 heteroatoms. The van der Waals surface area contributed by atoms with Crippen LogP contribution in [0.4, 0.5) is 0 Å². The molecule has 1 aromatic carbocycles. The zero-order chi connectivity index (χ0) is 14.5. The first kappa shape index (κ1) is 15.3. The molecule has 1 rings (SSSR count). The highest BCUT2D eigenvalue weighted by atomic mass is 16.4. The minimum Gasteiger partial charge on any atom is -0.481 e. The average molecular weight is 264 g/mol. The van der Waals surface area contributed by atoms with Crippen molar-refractivity contribution in [2.75, 3.05) is 6.54 Å². The summed E-state index contributed by atoms with van der Waals surface area (Å²) in [4.78, 5) is 22.0. The van der Waals surface area contributed by atoms with E-state index in [0.29, 0.717) is 0 Å². The number of benzene rings is 1. The average Bonchev–Trinajstić information content (AvgIpc) is 2.39. The van der Waals surface area contributed by atoms with Crippen molar-refractivity contribution >= 4 is 5.97 Å². The zero-order valence-electron chi connectivity index (χ0n) is 11.5. The summed E-state index contributed by atoms with van der Waals surface area (Å²) in [6.07, 6.45) is 0. The summed E-state index contributed by atoms with van der Waals surface area (Å²) < 4.78 is 0. The number of aliphatic carboxylic acids is 1. The van der Waals surface area contributed by atoms with E-state index in [1.165, 1.54) is 13.8 Å². The van der Waals surface area contributed by atoms with E-state index in [0.717, 1.165) is 5.56 Å². The lowest BCUT2D eigenvalue weighted by Crippen LogP contribution is -2.42. The standard InChI is InChI=1S/C14H20N2O3/c1-10(11-7-5-4-6-8-11)15-9-12(13(17)18)14(2,3)16-19/h4-8,10,12,15H,9H2,1-3H3,(H,17,18)/t10-,12+/m0/s1. The zero-order valence-corrected chi connectivity index (χ0v) is 11.5. The first-order valence-electron chi connectivity index (χ1n) is 6.24. The molecule has 0 aliphatic rings. The number of carbonyl (C=O) groups is 1. The van der Waals surface area contributed by atoms with Gasteiger partial charge in [-0.2, -0.15) is 4.91 Å². The van der Waals surface area contributed by atoms with Crippen LogP contribution in [0.2, 0.25) is 0 Å². The molecular formula is C14H20N2O3. The molecule has 0 fully saturated rings. The third kappa shape index (κ3) is 4.13. The number of carboxylic acids is 1. The number of rotatable bonds is 7. The second-order valence-corrected chi connectivity index (χ2v) is 5.18. The van der Waals surface area contributed by atoms with Crippen molar-refractivity contribution in [3.63, 3.8) is 0 Å². The maximum Gasteiger partial charge on any atom is 0.310 e. The van der Waals surface area contributed by atoms with Crippen LogP contribution in [0.3, 0.4) is 0 Å². The molecular weight excluding hydrogens is 244 g/mol. The Morgan fingerprint density at radius 1 is 1.37 bits per heavy atom. The van der Waals surface area contributed by atoms with Gasteiger partial charge in [0.1, 0.15) is 5.54 Å². The van der Waals surface area contributed by atoms with Gasteiger partial charge >= 0.3 is 5.97 Å². The van der Waals surface area contributed by atoms with Crippen molar-refractivity contribution in [2.24, 2.45) is 11.1 Å². The highest BCUT2D eigenvalue weighted by Gasteiger charge is 2.36. The molecule has 2 atom stereocenters. The molecule has 0 aliphatic heterocycles. The lowest BCUT2D eigenvalue weighted by Gasteiger charge is -2.26. The van der Waals surface area contributed by atoms with Crippen LogP contribution < -0.4 is 5.32 Å². The number of hydrogen-bond donors (Lipinski definition) is 2. The van der Waals surface area contributed by atoms with Crippen LogP contribution in [0, 0.1) is 10.8 Å². The van der Waals surface area contributed by atoms with Crippen LogP contribution in [0.5, 0.6) is 0 Å². The highest BCUT2D eigenvalue weighted by Crippen LogP contribution is 2.22. The normalized spacial score (nSPS) is 14.7. The molecule has 19 heavy (non-hydrogen) atoms. The van der Waals surface area contributed by atoms with Gasteiger partial charge in [-0.25, -0.2) is 0 Å². The fourth-order valence-corrected chi connectivity index (χ4v) is 1.86. The maximum absolute atomic E-state index is 11.2. The summed E-state index contributed by atoms with van der Waals surface area (Å²) in [6, 6.07) is 9.74. The van der Waals surface area contributed by atoms with E-state index < -0.39 is 17.4 Å². The van der Waals surface area contributed by atoms with Crippen LogP contribution in [0.15, 0.2) is 35.5 Å². The quantitative estimate of drug-likeness (QED) is 0.742. The van der Waals surface area contributed by atoms with E-state index in [9.17, 15) is 14.8 Å². The number of carboxylic acid groups (broad SMARTS) is 1. The summed E-state index contributed by atoms with van der Waals surface area (Å²) in [6.45, 7) is 5.22. The number of nitrogens with one attached hydrogen (secondary N) is 1. The molecule has 0 aromatic heterocycles. The second-order valence-electron chi connectivity index (χ2n) is 5.18. The first-order chi connectivity index (χ1) is 8.88. The number of hydrogen-bond acceptors (Lipinski definition) is 4. The smallest absolute Gasteiger partial charge is 0.310 e. The Kier molecular flexibility index (Phi) is 5.18. The van der Waals surface area contributed by atoms with Gasteiger partial charge < -0.3 is 10.4 Å². The van der Waals surface area contributed by atoms with Gasteiger partial charge in [0.15, 0.2) is 0 Å². The summed E-state index contributed by atoms with van der Waals surface area (Å²) >= 11 is 0. The van der Waals surface area contributed by atoms with Crippen molar-refractivity contribution in [1.29, 1.82) is 0 Å². The molecule has 0 unspecified atom stereocenters. The molecule has 0 saturated carbocycles. The summed E-state index contributed by atoms with van der Waals surface area (Å²) in [5, 5.41) is 15.2. The van der Waals surface area contributed by atoms with Crippen molar-refractivity contribution in [2.45, 2.75) is 32.4 Å². The summed E-state index contributed by atoms with van der Waals surface area (Å²) in [5.41, 5.74) is -0.0570. The van der Waals surface area contributed by atoms with Gasteiger partial charge in [0.05, 0.1) is 5.92 Å². The van der Waals surface area contributed by atoms with Gasteiger partial charge in [-0.1, -0.05) is 35.5 Å². The Morgan fingerprint density at radius 3 is 2.42 bits per heavy atom. The van der Waals surface area contributed by atoms with Crippen molar-refractivity contribution in [3.05, 3.63) is 40.8 Å².